The summed E-state index contributed by atoms with van der Waals surface area (Å²) in [6, 6.07) is 7.51. The van der Waals surface area contributed by atoms with Crippen molar-refractivity contribution < 1.29 is 0 Å². The van der Waals surface area contributed by atoms with Gasteiger partial charge in [0.25, 0.3) is 5.56 Å². The van der Waals surface area contributed by atoms with Crippen LogP contribution in [0.1, 0.15) is 6.92 Å². The smallest absolute Gasteiger partial charge is 0.310 e. The molecular formula is C17H16ClN5O2. The predicted octanol–water partition coefficient (Wildman–Crippen LogP) is 2.03. The van der Waals surface area contributed by atoms with Crippen LogP contribution in [0, 0.1) is 0 Å². The Bertz CT molecular complexity index is 1240. The molecule has 25 heavy (non-hydrogen) atoms. The molecule has 0 saturated carbocycles. The van der Waals surface area contributed by atoms with Gasteiger partial charge in [-0.1, -0.05) is 23.7 Å². The van der Waals surface area contributed by atoms with Gasteiger partial charge in [-0.25, -0.2) is 4.79 Å². The Morgan fingerprint density at radius 3 is 2.40 bits per heavy atom. The molecule has 3 heterocycles. The molecule has 7 nitrogen and oxygen atoms in total. The highest BCUT2D eigenvalue weighted by Crippen LogP contribution is 2.26. The van der Waals surface area contributed by atoms with Crippen molar-refractivity contribution in [3.63, 3.8) is 0 Å². The van der Waals surface area contributed by atoms with Gasteiger partial charge in [-0.3, -0.25) is 18.3 Å². The topological polar surface area (TPSA) is 66.2 Å². The maximum absolute atomic E-state index is 12.6. The first-order valence-corrected chi connectivity index (χ1v) is 8.25. The molecule has 4 rings (SSSR count). The van der Waals surface area contributed by atoms with Crippen LogP contribution in [0.15, 0.2) is 40.1 Å². The van der Waals surface area contributed by atoms with Gasteiger partial charge in [0, 0.05) is 31.9 Å². The van der Waals surface area contributed by atoms with E-state index in [0.29, 0.717) is 28.5 Å². The van der Waals surface area contributed by atoms with Crippen molar-refractivity contribution in [2.75, 3.05) is 0 Å². The Balaban J connectivity index is 2.14. The van der Waals surface area contributed by atoms with E-state index >= 15 is 0 Å². The van der Waals surface area contributed by atoms with Crippen molar-refractivity contribution >= 4 is 28.5 Å². The number of rotatable bonds is 2. The summed E-state index contributed by atoms with van der Waals surface area (Å²) in [6.45, 7) is 2.68. The molecule has 0 atom stereocenters. The van der Waals surface area contributed by atoms with Crippen molar-refractivity contribution in [1.82, 2.24) is 23.1 Å². The fourth-order valence-corrected chi connectivity index (χ4v) is 3.30. The zero-order valence-corrected chi connectivity index (χ0v) is 14.8. The highest BCUT2D eigenvalue weighted by Gasteiger charge is 2.20. The summed E-state index contributed by atoms with van der Waals surface area (Å²) in [5.74, 6) is 0.626. The molecule has 0 fully saturated rings. The highest BCUT2D eigenvalue weighted by atomic mass is 35.5. The second kappa shape index (κ2) is 5.35. The molecule has 0 amide bonds. The van der Waals surface area contributed by atoms with Crippen LogP contribution >= 0.6 is 11.6 Å². The SMILES string of the molecule is CCn1c(-c2ccc(Cl)cc2)cn2c3c(=O)n(C)c(=O)n(C)c3nc12. The van der Waals surface area contributed by atoms with Gasteiger partial charge < -0.3 is 4.57 Å². The summed E-state index contributed by atoms with van der Waals surface area (Å²) in [7, 11) is 3.09. The average molecular weight is 358 g/mol. The lowest BCUT2D eigenvalue weighted by Crippen LogP contribution is -2.37. The number of fused-ring (bicyclic) bond motifs is 3. The van der Waals surface area contributed by atoms with E-state index in [4.69, 9.17) is 11.6 Å². The molecule has 1 aromatic carbocycles. The van der Waals surface area contributed by atoms with E-state index in [0.717, 1.165) is 15.8 Å². The normalized spacial score (nSPS) is 11.7. The van der Waals surface area contributed by atoms with Crippen LogP contribution in [0.3, 0.4) is 0 Å². The van der Waals surface area contributed by atoms with Crippen LogP contribution < -0.4 is 11.2 Å². The summed E-state index contributed by atoms with van der Waals surface area (Å²) < 4.78 is 6.26. The zero-order valence-electron chi connectivity index (χ0n) is 14.0. The van der Waals surface area contributed by atoms with E-state index in [2.05, 4.69) is 4.98 Å². The van der Waals surface area contributed by atoms with Gasteiger partial charge in [-0.05, 0) is 24.6 Å². The molecular weight excluding hydrogens is 342 g/mol. The fourth-order valence-electron chi connectivity index (χ4n) is 3.18. The third-order valence-electron chi connectivity index (χ3n) is 4.51. The molecule has 4 aromatic rings. The molecule has 0 radical (unpaired) electrons. The Morgan fingerprint density at radius 2 is 1.76 bits per heavy atom. The number of benzene rings is 1. The first-order valence-electron chi connectivity index (χ1n) is 7.87. The van der Waals surface area contributed by atoms with Crippen LogP contribution in [-0.4, -0.2) is 23.1 Å². The first kappa shape index (κ1) is 15.7. The molecule has 0 spiro atoms. The van der Waals surface area contributed by atoms with Gasteiger partial charge in [0.15, 0.2) is 11.2 Å². The number of aryl methyl sites for hydroxylation is 2. The van der Waals surface area contributed by atoms with Gasteiger partial charge in [0.05, 0.1) is 5.69 Å². The minimum absolute atomic E-state index is 0.360. The summed E-state index contributed by atoms with van der Waals surface area (Å²) in [5.41, 5.74) is 1.93. The van der Waals surface area contributed by atoms with E-state index in [1.165, 1.54) is 11.6 Å². The van der Waals surface area contributed by atoms with Gasteiger partial charge in [-0.15, -0.1) is 0 Å². The van der Waals surface area contributed by atoms with E-state index in [1.807, 2.05) is 42.0 Å². The van der Waals surface area contributed by atoms with Crippen LogP contribution in [0.2, 0.25) is 5.02 Å². The number of nitrogens with zero attached hydrogens (tertiary/aromatic N) is 5. The number of imidazole rings is 2. The third kappa shape index (κ3) is 2.09. The monoisotopic (exact) mass is 357 g/mol. The molecule has 0 saturated heterocycles. The maximum atomic E-state index is 12.6. The average Bonchev–Trinajstić information content (AvgIpc) is 3.14. The Labute approximate surface area is 147 Å². The summed E-state index contributed by atoms with van der Waals surface area (Å²) in [6.07, 6.45) is 1.88. The largest absolute Gasteiger partial charge is 0.332 e. The molecule has 0 bridgehead atoms. The standard InChI is InChI=1S/C17H16ClN5O2/c1-4-22-12(10-5-7-11(18)8-6-10)9-23-13-14(19-16(22)23)20(2)17(25)21(3)15(13)24/h5-9H,4H2,1-3H3. The van der Waals surface area contributed by atoms with Crippen LogP contribution in [0.5, 0.6) is 0 Å². The minimum atomic E-state index is -0.390. The highest BCUT2D eigenvalue weighted by molar-refractivity contribution is 6.30. The maximum Gasteiger partial charge on any atom is 0.332 e. The second-order valence-electron chi connectivity index (χ2n) is 5.93. The Morgan fingerprint density at radius 1 is 1.08 bits per heavy atom. The van der Waals surface area contributed by atoms with Crippen LogP contribution in [-0.2, 0) is 20.6 Å². The Kier molecular flexibility index (Phi) is 3.36. The van der Waals surface area contributed by atoms with Crippen molar-refractivity contribution in [2.45, 2.75) is 13.5 Å². The van der Waals surface area contributed by atoms with Gasteiger partial charge >= 0.3 is 5.69 Å². The molecule has 0 N–H and O–H groups in total. The summed E-state index contributed by atoms with van der Waals surface area (Å²) in [5, 5.41) is 0.664. The molecule has 0 aliphatic carbocycles. The van der Waals surface area contributed by atoms with E-state index in [1.54, 1.807) is 11.4 Å². The number of hydrogen-bond acceptors (Lipinski definition) is 3. The van der Waals surface area contributed by atoms with Gasteiger partial charge in [0.1, 0.15) is 0 Å². The van der Waals surface area contributed by atoms with Crippen molar-refractivity contribution in [3.05, 3.63) is 56.3 Å². The molecule has 3 aromatic heterocycles. The van der Waals surface area contributed by atoms with Gasteiger partial charge in [0.2, 0.25) is 5.78 Å². The summed E-state index contributed by atoms with van der Waals surface area (Å²) in [4.78, 5) is 29.3. The van der Waals surface area contributed by atoms with Crippen LogP contribution in [0.25, 0.3) is 28.2 Å². The fraction of sp³-hybridized carbons (Fsp3) is 0.235. The molecule has 0 aliphatic rings. The quantitative estimate of drug-likeness (QED) is 0.551. The molecule has 0 aliphatic heterocycles. The lowest BCUT2D eigenvalue weighted by molar-refractivity contribution is 0.707. The molecule has 0 unspecified atom stereocenters. The first-order chi connectivity index (χ1) is 11.9. The second-order valence-corrected chi connectivity index (χ2v) is 6.36. The van der Waals surface area contributed by atoms with E-state index < -0.39 is 0 Å². The Hall–Kier alpha value is -2.80. The van der Waals surface area contributed by atoms with Crippen LogP contribution in [0.4, 0.5) is 0 Å². The molecule has 8 heteroatoms. The number of halogens is 1. The van der Waals surface area contributed by atoms with Crippen molar-refractivity contribution in [2.24, 2.45) is 14.1 Å². The van der Waals surface area contributed by atoms with Gasteiger partial charge in [-0.2, -0.15) is 4.98 Å². The lowest BCUT2D eigenvalue weighted by atomic mass is 10.2. The van der Waals surface area contributed by atoms with Crippen molar-refractivity contribution in [1.29, 1.82) is 0 Å². The van der Waals surface area contributed by atoms with E-state index in [9.17, 15) is 9.59 Å². The third-order valence-corrected chi connectivity index (χ3v) is 4.76. The van der Waals surface area contributed by atoms with Crippen molar-refractivity contribution in [3.8, 4) is 11.3 Å². The van der Waals surface area contributed by atoms with E-state index in [-0.39, 0.29) is 11.2 Å². The summed E-state index contributed by atoms with van der Waals surface area (Å²) >= 11 is 5.98. The molecule has 128 valence electrons. The lowest BCUT2D eigenvalue weighted by Gasteiger charge is -2.06. The predicted molar refractivity (Wildman–Crippen MR) is 97.3 cm³/mol. The number of hydrogen-bond donors (Lipinski definition) is 0. The zero-order chi connectivity index (χ0) is 17.9. The minimum Gasteiger partial charge on any atom is -0.310 e. The number of aromatic nitrogens is 5.